The van der Waals surface area contributed by atoms with E-state index in [1.54, 1.807) is 6.92 Å². The molecule has 0 aliphatic heterocycles. The molecule has 0 bridgehead atoms. The van der Waals surface area contributed by atoms with E-state index in [0.29, 0.717) is 0 Å². The lowest BCUT2D eigenvalue weighted by molar-refractivity contribution is 0.566. The van der Waals surface area contributed by atoms with Crippen molar-refractivity contribution in [1.82, 2.24) is 4.72 Å². The van der Waals surface area contributed by atoms with Gasteiger partial charge in [0.15, 0.2) is 9.84 Å². The van der Waals surface area contributed by atoms with E-state index in [-0.39, 0.29) is 9.79 Å². The molecule has 1 unspecified atom stereocenters. The topological polar surface area (TPSA) is 80.3 Å². The molecule has 0 aromatic heterocycles. The lowest BCUT2D eigenvalue weighted by Gasteiger charge is -2.18. The normalized spacial score (nSPS) is 13.6. The minimum atomic E-state index is -3.75. The van der Waals surface area contributed by atoms with Crippen LogP contribution in [0.15, 0.2) is 46.2 Å². The summed E-state index contributed by atoms with van der Waals surface area (Å²) in [4.78, 5) is 0.123. The molecule has 1 atom stereocenters. The Labute approximate surface area is 150 Å². The summed E-state index contributed by atoms with van der Waals surface area (Å²) >= 11 is 0. The Balaban J connectivity index is 2.31. The van der Waals surface area contributed by atoms with E-state index < -0.39 is 25.9 Å². The summed E-state index contributed by atoms with van der Waals surface area (Å²) in [5.41, 5.74) is 4.20. The fourth-order valence-corrected chi connectivity index (χ4v) is 4.53. The average Bonchev–Trinajstić information content (AvgIpc) is 2.49. The zero-order valence-electron chi connectivity index (χ0n) is 15.0. The molecule has 0 heterocycles. The molecule has 2 aromatic rings. The van der Waals surface area contributed by atoms with Gasteiger partial charge in [-0.05, 0) is 74.2 Å². The van der Waals surface area contributed by atoms with E-state index in [0.717, 1.165) is 28.5 Å². The van der Waals surface area contributed by atoms with Crippen LogP contribution in [0.2, 0.25) is 0 Å². The number of benzene rings is 2. The molecule has 25 heavy (non-hydrogen) atoms. The van der Waals surface area contributed by atoms with Crippen LogP contribution in [0.3, 0.4) is 0 Å². The summed E-state index contributed by atoms with van der Waals surface area (Å²) in [6.07, 6.45) is 1.08. The second kappa shape index (κ2) is 6.90. The van der Waals surface area contributed by atoms with Crippen LogP contribution in [-0.2, 0) is 19.9 Å². The zero-order valence-corrected chi connectivity index (χ0v) is 16.6. The van der Waals surface area contributed by atoms with Gasteiger partial charge in [0, 0.05) is 12.3 Å². The van der Waals surface area contributed by atoms with Gasteiger partial charge in [-0.25, -0.2) is 21.6 Å². The van der Waals surface area contributed by atoms with Crippen LogP contribution < -0.4 is 4.72 Å². The Morgan fingerprint density at radius 1 is 0.800 bits per heavy atom. The SMILES string of the molecule is Cc1cc(C)c(C(C)NS(=O)(=O)c2ccc(S(C)(=O)=O)cc2)cc1C. The van der Waals surface area contributed by atoms with E-state index in [1.165, 1.54) is 24.3 Å². The summed E-state index contributed by atoms with van der Waals surface area (Å²) in [7, 11) is -7.12. The Kier molecular flexibility index (Phi) is 5.41. The van der Waals surface area contributed by atoms with Gasteiger partial charge >= 0.3 is 0 Å². The molecule has 0 aliphatic rings. The summed E-state index contributed by atoms with van der Waals surface area (Å²) in [5, 5.41) is 0. The third-order valence-corrected chi connectivity index (χ3v) is 6.93. The fraction of sp³-hybridized carbons (Fsp3) is 0.333. The highest BCUT2D eigenvalue weighted by molar-refractivity contribution is 7.90. The van der Waals surface area contributed by atoms with Crippen LogP contribution in [0.4, 0.5) is 0 Å². The molecular weight excluding hydrogens is 358 g/mol. The summed E-state index contributed by atoms with van der Waals surface area (Å²) in [6, 6.07) is 8.84. The molecule has 7 heteroatoms. The summed E-state index contributed by atoms with van der Waals surface area (Å²) in [5.74, 6) is 0. The van der Waals surface area contributed by atoms with Gasteiger partial charge in [-0.3, -0.25) is 0 Å². The van der Waals surface area contributed by atoms with Gasteiger partial charge in [-0.1, -0.05) is 12.1 Å². The lowest BCUT2D eigenvalue weighted by Crippen LogP contribution is -2.27. The van der Waals surface area contributed by atoms with E-state index in [4.69, 9.17) is 0 Å². The molecule has 1 N–H and O–H groups in total. The van der Waals surface area contributed by atoms with Crippen molar-refractivity contribution in [1.29, 1.82) is 0 Å². The molecule has 0 amide bonds. The van der Waals surface area contributed by atoms with Crippen molar-refractivity contribution in [3.05, 3.63) is 58.7 Å². The van der Waals surface area contributed by atoms with Gasteiger partial charge in [0.05, 0.1) is 9.79 Å². The number of nitrogens with one attached hydrogen (secondary N) is 1. The Morgan fingerprint density at radius 2 is 1.28 bits per heavy atom. The van der Waals surface area contributed by atoms with Gasteiger partial charge in [0.2, 0.25) is 10.0 Å². The smallest absolute Gasteiger partial charge is 0.224 e. The minimum Gasteiger partial charge on any atom is -0.224 e. The molecule has 2 rings (SSSR count). The van der Waals surface area contributed by atoms with Crippen LogP contribution in [0, 0.1) is 20.8 Å². The Hall–Kier alpha value is -1.70. The van der Waals surface area contributed by atoms with Crippen LogP contribution in [0.25, 0.3) is 0 Å². The van der Waals surface area contributed by atoms with Gasteiger partial charge in [0.1, 0.15) is 0 Å². The fourth-order valence-electron chi connectivity index (χ4n) is 2.68. The predicted octanol–water partition coefficient (Wildman–Crippen LogP) is 3.05. The molecule has 0 radical (unpaired) electrons. The standard InChI is InChI=1S/C18H23NO4S2/c1-12-10-14(3)18(11-13(12)2)15(4)19-25(22,23)17-8-6-16(7-9-17)24(5,20)21/h6-11,15,19H,1-5H3. The van der Waals surface area contributed by atoms with E-state index in [2.05, 4.69) is 4.72 Å². The Morgan fingerprint density at radius 3 is 1.80 bits per heavy atom. The van der Waals surface area contributed by atoms with Crippen molar-refractivity contribution in [2.45, 2.75) is 43.5 Å². The first-order chi connectivity index (χ1) is 11.4. The highest BCUT2D eigenvalue weighted by atomic mass is 32.2. The van der Waals surface area contributed by atoms with Crippen molar-refractivity contribution >= 4 is 19.9 Å². The van der Waals surface area contributed by atoms with Crippen LogP contribution in [0.5, 0.6) is 0 Å². The molecule has 136 valence electrons. The maximum Gasteiger partial charge on any atom is 0.241 e. The molecule has 0 spiro atoms. The van der Waals surface area contributed by atoms with Gasteiger partial charge in [0.25, 0.3) is 0 Å². The largest absolute Gasteiger partial charge is 0.241 e. The third-order valence-electron chi connectivity index (χ3n) is 4.24. The van der Waals surface area contributed by atoms with Crippen molar-refractivity contribution in [3.63, 3.8) is 0 Å². The number of hydrogen-bond acceptors (Lipinski definition) is 4. The molecule has 5 nitrogen and oxygen atoms in total. The molecule has 2 aromatic carbocycles. The second-order valence-corrected chi connectivity index (χ2v) is 10.1. The van der Waals surface area contributed by atoms with Crippen molar-refractivity contribution in [3.8, 4) is 0 Å². The molecule has 0 fully saturated rings. The second-order valence-electron chi connectivity index (χ2n) is 6.38. The highest BCUT2D eigenvalue weighted by Crippen LogP contribution is 2.24. The lowest BCUT2D eigenvalue weighted by atomic mass is 9.97. The van der Waals surface area contributed by atoms with E-state index >= 15 is 0 Å². The van der Waals surface area contributed by atoms with Crippen LogP contribution in [0.1, 0.15) is 35.2 Å². The first-order valence-electron chi connectivity index (χ1n) is 7.82. The minimum absolute atomic E-state index is 0.0354. The maximum absolute atomic E-state index is 12.6. The quantitative estimate of drug-likeness (QED) is 0.863. The number of aryl methyl sites for hydroxylation is 3. The van der Waals surface area contributed by atoms with E-state index in [9.17, 15) is 16.8 Å². The molecule has 0 saturated heterocycles. The highest BCUT2D eigenvalue weighted by Gasteiger charge is 2.20. The first-order valence-corrected chi connectivity index (χ1v) is 11.2. The van der Waals surface area contributed by atoms with Gasteiger partial charge in [-0.2, -0.15) is 0 Å². The zero-order chi connectivity index (χ0) is 19.0. The van der Waals surface area contributed by atoms with Crippen molar-refractivity contribution in [2.24, 2.45) is 0 Å². The monoisotopic (exact) mass is 381 g/mol. The predicted molar refractivity (Wildman–Crippen MR) is 98.9 cm³/mol. The number of rotatable bonds is 5. The van der Waals surface area contributed by atoms with Crippen LogP contribution in [-0.4, -0.2) is 23.1 Å². The number of hydrogen-bond donors (Lipinski definition) is 1. The molecule has 0 aliphatic carbocycles. The van der Waals surface area contributed by atoms with Gasteiger partial charge < -0.3 is 0 Å². The van der Waals surface area contributed by atoms with E-state index in [1.807, 2.05) is 32.9 Å². The third kappa shape index (κ3) is 4.48. The summed E-state index contributed by atoms with van der Waals surface area (Å²) in [6.45, 7) is 7.75. The van der Waals surface area contributed by atoms with Gasteiger partial charge in [-0.15, -0.1) is 0 Å². The summed E-state index contributed by atoms with van der Waals surface area (Å²) < 4.78 is 50.8. The molecule has 0 saturated carbocycles. The molecular formula is C18H23NO4S2. The number of sulfone groups is 1. The number of sulfonamides is 1. The maximum atomic E-state index is 12.6. The van der Waals surface area contributed by atoms with Crippen molar-refractivity contribution in [2.75, 3.05) is 6.26 Å². The first kappa shape index (κ1) is 19.6. The average molecular weight is 382 g/mol. The van der Waals surface area contributed by atoms with Crippen molar-refractivity contribution < 1.29 is 16.8 Å². The van der Waals surface area contributed by atoms with Crippen LogP contribution >= 0.6 is 0 Å². The Bertz CT molecular complexity index is 992.